The van der Waals surface area contributed by atoms with Crippen LogP contribution in [0.15, 0.2) is 16.5 Å². The molecule has 0 bridgehead atoms. The van der Waals surface area contributed by atoms with Gasteiger partial charge < -0.3 is 10.2 Å². The van der Waals surface area contributed by atoms with Crippen LogP contribution < -0.4 is 5.73 Å². The third-order valence-corrected chi connectivity index (χ3v) is 1.95. The number of aryl methyl sites for hydroxylation is 1. The molecule has 14 heavy (non-hydrogen) atoms. The molecule has 0 aliphatic rings. The van der Waals surface area contributed by atoms with Gasteiger partial charge in [0.1, 0.15) is 11.6 Å². The zero-order valence-electron chi connectivity index (χ0n) is 7.95. The Morgan fingerprint density at radius 2 is 2.36 bits per heavy atom. The Labute approximate surface area is 81.3 Å². The summed E-state index contributed by atoms with van der Waals surface area (Å²) in [5.74, 6) is 2.83. The molecule has 0 aromatic carbocycles. The van der Waals surface area contributed by atoms with Crippen molar-refractivity contribution in [2.75, 3.05) is 0 Å². The number of nitrogens with one attached hydrogen (secondary N) is 1. The number of nitrogens with zero attached hydrogens (tertiary/aromatic N) is 2. The summed E-state index contributed by atoms with van der Waals surface area (Å²) in [7, 11) is 0. The minimum atomic E-state index is 0.394. The number of aromatic nitrogens is 3. The first-order valence-corrected chi connectivity index (χ1v) is 4.54. The highest BCUT2D eigenvalue weighted by atomic mass is 16.3. The van der Waals surface area contributed by atoms with Gasteiger partial charge in [0.25, 0.3) is 0 Å². The molecule has 3 N–H and O–H groups in total. The molecular weight excluding hydrogens is 180 g/mol. The van der Waals surface area contributed by atoms with Crippen LogP contribution in [0.1, 0.15) is 18.5 Å². The highest BCUT2D eigenvalue weighted by Crippen LogP contribution is 2.17. The van der Waals surface area contributed by atoms with Crippen LogP contribution in [-0.4, -0.2) is 15.2 Å². The van der Waals surface area contributed by atoms with Gasteiger partial charge in [-0.15, -0.1) is 0 Å². The van der Waals surface area contributed by atoms with Crippen molar-refractivity contribution in [3.8, 4) is 11.6 Å². The monoisotopic (exact) mass is 192 g/mol. The topological polar surface area (TPSA) is 80.7 Å². The molecule has 2 rings (SSSR count). The standard InChI is InChI=1S/C9H12N4O/c1-2-8-11-9(13-12-8)7-4-3-6(5-10)14-7/h3-4H,2,5,10H2,1H3,(H,11,12,13). The summed E-state index contributed by atoms with van der Waals surface area (Å²) in [4.78, 5) is 4.25. The number of H-pyrrole nitrogens is 1. The highest BCUT2D eigenvalue weighted by Gasteiger charge is 2.08. The van der Waals surface area contributed by atoms with Gasteiger partial charge in [0.15, 0.2) is 5.76 Å². The molecule has 2 aromatic rings. The minimum absolute atomic E-state index is 0.394. The van der Waals surface area contributed by atoms with Crippen molar-refractivity contribution in [1.29, 1.82) is 0 Å². The fourth-order valence-electron chi connectivity index (χ4n) is 1.17. The summed E-state index contributed by atoms with van der Waals surface area (Å²) in [6.07, 6.45) is 0.831. The van der Waals surface area contributed by atoms with E-state index >= 15 is 0 Å². The van der Waals surface area contributed by atoms with Crippen LogP contribution in [0.2, 0.25) is 0 Å². The maximum atomic E-state index is 5.43. The van der Waals surface area contributed by atoms with E-state index < -0.39 is 0 Å². The van der Waals surface area contributed by atoms with Gasteiger partial charge in [-0.3, -0.25) is 5.10 Å². The Morgan fingerprint density at radius 3 is 2.93 bits per heavy atom. The zero-order valence-corrected chi connectivity index (χ0v) is 7.95. The molecule has 0 aliphatic heterocycles. The molecule has 0 amide bonds. The van der Waals surface area contributed by atoms with Crippen molar-refractivity contribution in [3.05, 3.63) is 23.7 Å². The van der Waals surface area contributed by atoms with Gasteiger partial charge in [-0.1, -0.05) is 6.92 Å². The fourth-order valence-corrected chi connectivity index (χ4v) is 1.17. The minimum Gasteiger partial charge on any atom is -0.456 e. The van der Waals surface area contributed by atoms with E-state index in [1.54, 1.807) is 0 Å². The van der Waals surface area contributed by atoms with Crippen LogP contribution in [0.3, 0.4) is 0 Å². The quantitative estimate of drug-likeness (QED) is 0.762. The van der Waals surface area contributed by atoms with Crippen molar-refractivity contribution < 1.29 is 4.42 Å². The molecule has 0 aliphatic carbocycles. The lowest BCUT2D eigenvalue weighted by molar-refractivity contribution is 0.522. The van der Waals surface area contributed by atoms with Gasteiger partial charge in [0.2, 0.25) is 5.82 Å². The van der Waals surface area contributed by atoms with Crippen LogP contribution in [0, 0.1) is 0 Å². The van der Waals surface area contributed by atoms with Crippen LogP contribution in [0.5, 0.6) is 0 Å². The number of aromatic amines is 1. The molecule has 74 valence electrons. The van der Waals surface area contributed by atoms with E-state index in [1.165, 1.54) is 0 Å². The summed E-state index contributed by atoms with van der Waals surface area (Å²) in [5.41, 5.74) is 5.43. The average molecular weight is 192 g/mol. The maximum Gasteiger partial charge on any atom is 0.216 e. The molecule has 0 atom stereocenters. The van der Waals surface area contributed by atoms with Crippen LogP contribution in [0.4, 0.5) is 0 Å². The summed E-state index contributed by atoms with van der Waals surface area (Å²) in [6, 6.07) is 3.65. The second-order valence-corrected chi connectivity index (χ2v) is 2.93. The van der Waals surface area contributed by atoms with Gasteiger partial charge in [0.05, 0.1) is 6.54 Å². The molecular formula is C9H12N4O. The predicted octanol–water partition coefficient (Wildman–Crippen LogP) is 1.09. The predicted molar refractivity (Wildman–Crippen MR) is 51.4 cm³/mol. The molecule has 0 spiro atoms. The third-order valence-electron chi connectivity index (χ3n) is 1.95. The smallest absolute Gasteiger partial charge is 0.216 e. The summed E-state index contributed by atoms with van der Waals surface area (Å²) >= 11 is 0. The van der Waals surface area contributed by atoms with E-state index in [9.17, 15) is 0 Å². The number of rotatable bonds is 3. The number of hydrogen-bond donors (Lipinski definition) is 2. The van der Waals surface area contributed by atoms with E-state index in [4.69, 9.17) is 10.2 Å². The zero-order chi connectivity index (χ0) is 9.97. The molecule has 0 saturated carbocycles. The van der Waals surface area contributed by atoms with Crippen molar-refractivity contribution in [2.45, 2.75) is 19.9 Å². The second kappa shape index (κ2) is 3.63. The van der Waals surface area contributed by atoms with Gasteiger partial charge in [-0.05, 0) is 12.1 Å². The molecule has 0 saturated heterocycles. The molecule has 5 nitrogen and oxygen atoms in total. The Morgan fingerprint density at radius 1 is 1.50 bits per heavy atom. The maximum absolute atomic E-state index is 5.43. The first-order chi connectivity index (χ1) is 6.83. The third kappa shape index (κ3) is 1.54. The summed E-state index contributed by atoms with van der Waals surface area (Å²) in [5, 5.41) is 6.86. The second-order valence-electron chi connectivity index (χ2n) is 2.93. The normalized spacial score (nSPS) is 10.7. The van der Waals surface area contributed by atoms with Crippen molar-refractivity contribution in [3.63, 3.8) is 0 Å². The first kappa shape index (κ1) is 8.96. The number of hydrogen-bond acceptors (Lipinski definition) is 4. The van der Waals surface area contributed by atoms with Crippen molar-refractivity contribution >= 4 is 0 Å². The van der Waals surface area contributed by atoms with Gasteiger partial charge in [0, 0.05) is 6.42 Å². The van der Waals surface area contributed by atoms with E-state index in [0.29, 0.717) is 18.1 Å². The molecule has 5 heteroatoms. The fraction of sp³-hybridized carbons (Fsp3) is 0.333. The lowest BCUT2D eigenvalue weighted by atomic mass is 10.4. The van der Waals surface area contributed by atoms with E-state index in [0.717, 1.165) is 18.0 Å². The van der Waals surface area contributed by atoms with E-state index in [2.05, 4.69) is 15.2 Å². The number of nitrogens with two attached hydrogens (primary N) is 1. The van der Waals surface area contributed by atoms with Gasteiger partial charge >= 0.3 is 0 Å². The van der Waals surface area contributed by atoms with Gasteiger partial charge in [-0.2, -0.15) is 5.10 Å². The van der Waals surface area contributed by atoms with Crippen LogP contribution >= 0.6 is 0 Å². The lowest BCUT2D eigenvalue weighted by Gasteiger charge is -1.88. The number of furan rings is 1. The Bertz CT molecular complexity index is 378. The lowest BCUT2D eigenvalue weighted by Crippen LogP contribution is -1.92. The largest absolute Gasteiger partial charge is 0.456 e. The molecule has 0 radical (unpaired) electrons. The molecule has 0 fully saturated rings. The Balaban J connectivity index is 2.29. The van der Waals surface area contributed by atoms with Crippen molar-refractivity contribution in [2.24, 2.45) is 5.73 Å². The average Bonchev–Trinajstić information content (AvgIpc) is 2.86. The molecule has 2 aromatic heterocycles. The Hall–Kier alpha value is -1.62. The highest BCUT2D eigenvalue weighted by molar-refractivity contribution is 5.46. The molecule has 2 heterocycles. The van der Waals surface area contributed by atoms with E-state index in [1.807, 2.05) is 19.1 Å². The molecule has 0 unspecified atom stereocenters. The van der Waals surface area contributed by atoms with E-state index in [-0.39, 0.29) is 0 Å². The Kier molecular flexibility index (Phi) is 2.32. The SMILES string of the molecule is CCc1nc(-c2ccc(CN)o2)n[nH]1. The first-order valence-electron chi connectivity index (χ1n) is 4.54. The van der Waals surface area contributed by atoms with Gasteiger partial charge in [-0.25, -0.2) is 4.98 Å². The summed E-state index contributed by atoms with van der Waals surface area (Å²) in [6.45, 7) is 2.41. The van der Waals surface area contributed by atoms with Crippen molar-refractivity contribution in [1.82, 2.24) is 15.2 Å². The summed E-state index contributed by atoms with van der Waals surface area (Å²) < 4.78 is 5.41. The van der Waals surface area contributed by atoms with Crippen LogP contribution in [-0.2, 0) is 13.0 Å². The van der Waals surface area contributed by atoms with Crippen LogP contribution in [0.25, 0.3) is 11.6 Å².